The molecule has 0 aliphatic carbocycles. The van der Waals surface area contributed by atoms with Crippen molar-refractivity contribution >= 4 is 11.6 Å². The standard InChI is InChI=1S/C19H22N2O3/c1-14-2-6-17(7-3-14)24-18-8-4-15(5-9-18)21-19(22)12-16-13-23-11-10-20-16/h2-9,16,20H,10-13H2,1H3,(H,21,22). The molecule has 0 aromatic heterocycles. The van der Waals surface area contributed by atoms with Crippen LogP contribution in [-0.4, -0.2) is 31.7 Å². The third kappa shape index (κ3) is 4.81. The highest BCUT2D eigenvalue weighted by Gasteiger charge is 2.16. The van der Waals surface area contributed by atoms with Crippen LogP contribution in [0.4, 0.5) is 5.69 Å². The van der Waals surface area contributed by atoms with Crippen molar-refractivity contribution in [3.63, 3.8) is 0 Å². The van der Waals surface area contributed by atoms with E-state index in [0.29, 0.717) is 19.6 Å². The summed E-state index contributed by atoms with van der Waals surface area (Å²) in [5.41, 5.74) is 1.95. The van der Waals surface area contributed by atoms with Gasteiger partial charge in [0.15, 0.2) is 0 Å². The Hall–Kier alpha value is -2.37. The van der Waals surface area contributed by atoms with E-state index in [1.165, 1.54) is 5.56 Å². The van der Waals surface area contributed by atoms with E-state index in [2.05, 4.69) is 10.6 Å². The Morgan fingerprint density at radius 2 is 1.83 bits per heavy atom. The van der Waals surface area contributed by atoms with Crippen LogP contribution in [-0.2, 0) is 9.53 Å². The zero-order valence-corrected chi connectivity index (χ0v) is 13.7. The number of hydrogen-bond donors (Lipinski definition) is 2. The maximum atomic E-state index is 12.1. The van der Waals surface area contributed by atoms with Crippen LogP contribution in [0.3, 0.4) is 0 Å². The van der Waals surface area contributed by atoms with Gasteiger partial charge >= 0.3 is 0 Å². The van der Waals surface area contributed by atoms with Gasteiger partial charge in [-0.1, -0.05) is 17.7 Å². The van der Waals surface area contributed by atoms with E-state index in [9.17, 15) is 4.79 Å². The molecule has 1 amide bonds. The van der Waals surface area contributed by atoms with Gasteiger partial charge in [-0.25, -0.2) is 0 Å². The molecule has 0 radical (unpaired) electrons. The Kier molecular flexibility index (Phi) is 5.46. The van der Waals surface area contributed by atoms with Gasteiger partial charge in [0.1, 0.15) is 11.5 Å². The molecule has 5 nitrogen and oxygen atoms in total. The first-order chi connectivity index (χ1) is 11.7. The van der Waals surface area contributed by atoms with Crippen molar-refractivity contribution in [1.29, 1.82) is 0 Å². The molecule has 2 aromatic carbocycles. The van der Waals surface area contributed by atoms with Crippen LogP contribution >= 0.6 is 0 Å². The normalized spacial score (nSPS) is 17.3. The number of aryl methyl sites for hydroxylation is 1. The number of benzene rings is 2. The minimum atomic E-state index is -0.0230. The fourth-order valence-electron chi connectivity index (χ4n) is 2.54. The average molecular weight is 326 g/mol. The van der Waals surface area contributed by atoms with Gasteiger partial charge in [-0.3, -0.25) is 4.79 Å². The predicted molar refractivity (Wildman–Crippen MR) is 93.6 cm³/mol. The molecule has 5 heteroatoms. The van der Waals surface area contributed by atoms with Crippen LogP contribution < -0.4 is 15.4 Å². The quantitative estimate of drug-likeness (QED) is 0.886. The van der Waals surface area contributed by atoms with Crippen molar-refractivity contribution in [2.24, 2.45) is 0 Å². The second-order valence-corrected chi connectivity index (χ2v) is 5.92. The van der Waals surface area contributed by atoms with Gasteiger partial charge in [0.2, 0.25) is 5.91 Å². The SMILES string of the molecule is Cc1ccc(Oc2ccc(NC(=O)CC3COCCN3)cc2)cc1. The summed E-state index contributed by atoms with van der Waals surface area (Å²) in [6.45, 7) is 4.12. The van der Waals surface area contributed by atoms with Crippen molar-refractivity contribution < 1.29 is 14.3 Å². The Labute approximate surface area is 142 Å². The summed E-state index contributed by atoms with van der Waals surface area (Å²) in [4.78, 5) is 12.1. The lowest BCUT2D eigenvalue weighted by Gasteiger charge is -2.23. The molecule has 1 unspecified atom stereocenters. The number of ether oxygens (including phenoxy) is 2. The van der Waals surface area contributed by atoms with Gasteiger partial charge in [-0.05, 0) is 43.3 Å². The molecule has 2 N–H and O–H groups in total. The van der Waals surface area contributed by atoms with E-state index in [0.717, 1.165) is 23.7 Å². The molecule has 3 rings (SSSR count). The summed E-state index contributed by atoms with van der Waals surface area (Å²) in [6, 6.07) is 15.3. The van der Waals surface area contributed by atoms with Crippen molar-refractivity contribution in [2.45, 2.75) is 19.4 Å². The van der Waals surface area contributed by atoms with Crippen molar-refractivity contribution in [2.75, 3.05) is 25.1 Å². The maximum Gasteiger partial charge on any atom is 0.226 e. The first-order valence-electron chi connectivity index (χ1n) is 8.14. The van der Waals surface area contributed by atoms with Gasteiger partial charge < -0.3 is 20.1 Å². The number of carbonyl (C=O) groups is 1. The number of carbonyl (C=O) groups excluding carboxylic acids is 1. The van der Waals surface area contributed by atoms with E-state index in [1.807, 2.05) is 55.5 Å². The minimum Gasteiger partial charge on any atom is -0.457 e. The molecule has 1 atom stereocenters. The van der Waals surface area contributed by atoms with E-state index in [-0.39, 0.29) is 11.9 Å². The molecule has 1 aliphatic heterocycles. The first kappa shape index (κ1) is 16.5. The number of hydrogen-bond acceptors (Lipinski definition) is 4. The van der Waals surface area contributed by atoms with Gasteiger partial charge in [-0.15, -0.1) is 0 Å². The summed E-state index contributed by atoms with van der Waals surface area (Å²) >= 11 is 0. The molecular weight excluding hydrogens is 304 g/mol. The van der Waals surface area contributed by atoms with Crippen LogP contribution in [0, 0.1) is 6.92 Å². The van der Waals surface area contributed by atoms with Crippen LogP contribution in [0.1, 0.15) is 12.0 Å². The van der Waals surface area contributed by atoms with E-state index in [1.54, 1.807) is 0 Å². The monoisotopic (exact) mass is 326 g/mol. The van der Waals surface area contributed by atoms with Crippen molar-refractivity contribution in [3.05, 3.63) is 54.1 Å². The highest BCUT2D eigenvalue weighted by molar-refractivity contribution is 5.91. The van der Waals surface area contributed by atoms with Crippen molar-refractivity contribution in [1.82, 2.24) is 5.32 Å². The van der Waals surface area contributed by atoms with Crippen LogP contribution in [0.5, 0.6) is 11.5 Å². The number of amides is 1. The average Bonchev–Trinajstić information content (AvgIpc) is 2.59. The topological polar surface area (TPSA) is 59.6 Å². The molecular formula is C19H22N2O3. The van der Waals surface area contributed by atoms with Crippen LogP contribution in [0.2, 0.25) is 0 Å². The fourth-order valence-corrected chi connectivity index (χ4v) is 2.54. The Morgan fingerprint density at radius 1 is 1.17 bits per heavy atom. The predicted octanol–water partition coefficient (Wildman–Crippen LogP) is 3.10. The third-order valence-electron chi connectivity index (χ3n) is 3.83. The summed E-state index contributed by atoms with van der Waals surface area (Å²) in [5.74, 6) is 1.50. The smallest absolute Gasteiger partial charge is 0.226 e. The molecule has 0 saturated carbocycles. The van der Waals surface area contributed by atoms with Crippen LogP contribution in [0.25, 0.3) is 0 Å². The fraction of sp³-hybridized carbons (Fsp3) is 0.316. The van der Waals surface area contributed by atoms with Gasteiger partial charge in [0.05, 0.1) is 13.2 Å². The molecule has 2 aromatic rings. The van der Waals surface area contributed by atoms with E-state index in [4.69, 9.17) is 9.47 Å². The second-order valence-electron chi connectivity index (χ2n) is 5.92. The number of nitrogens with one attached hydrogen (secondary N) is 2. The zero-order valence-electron chi connectivity index (χ0n) is 13.7. The molecule has 1 fully saturated rings. The third-order valence-corrected chi connectivity index (χ3v) is 3.83. The Balaban J connectivity index is 1.52. The zero-order chi connectivity index (χ0) is 16.8. The molecule has 0 spiro atoms. The lowest BCUT2D eigenvalue weighted by atomic mass is 10.2. The summed E-state index contributed by atoms with van der Waals surface area (Å²) in [5, 5.41) is 6.17. The number of morpholine rings is 1. The number of rotatable bonds is 5. The highest BCUT2D eigenvalue weighted by Crippen LogP contribution is 2.23. The summed E-state index contributed by atoms with van der Waals surface area (Å²) < 4.78 is 11.1. The van der Waals surface area contributed by atoms with Gasteiger partial charge in [0.25, 0.3) is 0 Å². The van der Waals surface area contributed by atoms with E-state index >= 15 is 0 Å². The van der Waals surface area contributed by atoms with Gasteiger partial charge in [0, 0.05) is 24.7 Å². The first-order valence-corrected chi connectivity index (χ1v) is 8.14. The van der Waals surface area contributed by atoms with Crippen molar-refractivity contribution in [3.8, 4) is 11.5 Å². The molecule has 1 aliphatic rings. The summed E-state index contributed by atoms with van der Waals surface area (Å²) in [7, 11) is 0. The lowest BCUT2D eigenvalue weighted by molar-refractivity contribution is -0.117. The molecule has 126 valence electrons. The van der Waals surface area contributed by atoms with Crippen LogP contribution in [0.15, 0.2) is 48.5 Å². The highest BCUT2D eigenvalue weighted by atomic mass is 16.5. The minimum absolute atomic E-state index is 0.0230. The molecule has 1 heterocycles. The molecule has 1 saturated heterocycles. The Morgan fingerprint density at radius 3 is 2.46 bits per heavy atom. The van der Waals surface area contributed by atoms with E-state index < -0.39 is 0 Å². The number of anilines is 1. The molecule has 24 heavy (non-hydrogen) atoms. The van der Waals surface area contributed by atoms with Gasteiger partial charge in [-0.2, -0.15) is 0 Å². The largest absolute Gasteiger partial charge is 0.457 e. The Bertz CT molecular complexity index is 662. The maximum absolute atomic E-state index is 12.1. The second kappa shape index (κ2) is 7.95. The summed E-state index contributed by atoms with van der Waals surface area (Å²) in [6.07, 6.45) is 0.404. The lowest BCUT2D eigenvalue weighted by Crippen LogP contribution is -2.43. The molecule has 0 bridgehead atoms.